The summed E-state index contributed by atoms with van der Waals surface area (Å²) < 4.78 is 5.07. The minimum atomic E-state index is -0.131. The molecule has 0 bridgehead atoms. The Morgan fingerprint density at radius 1 is 1.31 bits per heavy atom. The van der Waals surface area contributed by atoms with E-state index in [1.54, 1.807) is 22.2 Å². The van der Waals surface area contributed by atoms with E-state index in [1.165, 1.54) is 11.3 Å². The third-order valence-corrected chi connectivity index (χ3v) is 5.98. The molecule has 0 saturated carbocycles. The minimum Gasteiger partial charge on any atom is -0.361 e. The number of aromatic nitrogens is 3. The second-order valence-electron chi connectivity index (χ2n) is 6.98. The summed E-state index contributed by atoms with van der Waals surface area (Å²) in [6, 6.07) is 5.51. The normalized spacial score (nSPS) is 14.1. The van der Waals surface area contributed by atoms with Gasteiger partial charge in [0.1, 0.15) is 11.5 Å². The molecule has 2 amide bonds. The first-order chi connectivity index (χ1) is 14.0. The number of hydrogen-bond acceptors (Lipinski definition) is 7. The van der Waals surface area contributed by atoms with E-state index >= 15 is 0 Å². The Kier molecular flexibility index (Phi) is 5.39. The summed E-state index contributed by atoms with van der Waals surface area (Å²) >= 11 is 1.28. The lowest BCUT2D eigenvalue weighted by molar-refractivity contribution is 0.0986. The molecule has 0 N–H and O–H groups in total. The van der Waals surface area contributed by atoms with Gasteiger partial charge >= 0.3 is 6.03 Å². The maximum Gasteiger partial charge on any atom is 0.326 e. The van der Waals surface area contributed by atoms with Gasteiger partial charge in [-0.3, -0.25) is 14.7 Å². The molecule has 1 saturated heterocycles. The van der Waals surface area contributed by atoms with Gasteiger partial charge in [-0.05, 0) is 31.9 Å². The maximum atomic E-state index is 12.8. The van der Waals surface area contributed by atoms with Crippen molar-refractivity contribution in [1.82, 2.24) is 20.0 Å². The largest absolute Gasteiger partial charge is 0.361 e. The van der Waals surface area contributed by atoms with Gasteiger partial charge in [-0.2, -0.15) is 0 Å². The van der Waals surface area contributed by atoms with Crippen LogP contribution in [0.3, 0.4) is 0 Å². The van der Waals surface area contributed by atoms with Gasteiger partial charge < -0.3 is 9.42 Å². The zero-order chi connectivity index (χ0) is 20.4. The number of carbonyl (C=O) groups excluding carboxylic acids is 2. The number of pyridine rings is 1. The van der Waals surface area contributed by atoms with Gasteiger partial charge in [0.2, 0.25) is 0 Å². The van der Waals surface area contributed by atoms with Crippen molar-refractivity contribution in [3.8, 4) is 0 Å². The fourth-order valence-electron chi connectivity index (χ4n) is 3.27. The molecule has 0 radical (unpaired) electrons. The lowest BCUT2D eigenvalue weighted by Crippen LogP contribution is -2.31. The predicted molar refractivity (Wildman–Crippen MR) is 108 cm³/mol. The van der Waals surface area contributed by atoms with E-state index in [9.17, 15) is 9.59 Å². The number of urea groups is 1. The van der Waals surface area contributed by atoms with Crippen molar-refractivity contribution in [2.75, 3.05) is 18.0 Å². The fourth-order valence-corrected chi connectivity index (χ4v) is 4.32. The van der Waals surface area contributed by atoms with Crippen LogP contribution in [0, 0.1) is 13.8 Å². The Balaban J connectivity index is 1.42. The fraction of sp³-hybridized carbons (Fsp3) is 0.350. The minimum absolute atomic E-state index is 0.0386. The van der Waals surface area contributed by atoms with Gasteiger partial charge in [0.05, 0.1) is 17.1 Å². The smallest absolute Gasteiger partial charge is 0.326 e. The molecular formula is C20H21N5O3S. The van der Waals surface area contributed by atoms with Crippen LogP contribution >= 0.6 is 11.3 Å². The highest BCUT2D eigenvalue weighted by atomic mass is 32.1. The van der Waals surface area contributed by atoms with Crippen LogP contribution in [0.25, 0.3) is 0 Å². The summed E-state index contributed by atoms with van der Waals surface area (Å²) in [6.07, 6.45) is 4.50. The molecule has 1 aliphatic heterocycles. The highest BCUT2D eigenvalue weighted by Gasteiger charge is 2.33. The molecule has 0 aliphatic carbocycles. The number of carbonyl (C=O) groups is 2. The quantitative estimate of drug-likeness (QED) is 0.553. The molecule has 8 nitrogen and oxygen atoms in total. The Hall–Kier alpha value is -3.07. The Labute approximate surface area is 172 Å². The van der Waals surface area contributed by atoms with Gasteiger partial charge in [-0.15, -0.1) is 0 Å². The van der Waals surface area contributed by atoms with Gasteiger partial charge in [0, 0.05) is 38.0 Å². The van der Waals surface area contributed by atoms with Crippen molar-refractivity contribution < 1.29 is 14.1 Å². The number of ketones is 1. The summed E-state index contributed by atoms with van der Waals surface area (Å²) in [5.74, 6) is 0.755. The maximum absolute atomic E-state index is 12.8. The number of Topliss-reactive ketones (excluding diaryl/α,β-unsaturated/α-hetero) is 1. The predicted octanol–water partition coefficient (Wildman–Crippen LogP) is 3.40. The van der Waals surface area contributed by atoms with Crippen LogP contribution in [0.2, 0.25) is 0 Å². The van der Waals surface area contributed by atoms with Gasteiger partial charge in [-0.1, -0.05) is 22.6 Å². The average molecular weight is 411 g/mol. The van der Waals surface area contributed by atoms with Crippen LogP contribution < -0.4 is 4.90 Å². The second-order valence-corrected chi connectivity index (χ2v) is 7.96. The molecule has 4 rings (SSSR count). The molecule has 3 aromatic rings. The molecule has 4 heterocycles. The molecule has 9 heteroatoms. The van der Waals surface area contributed by atoms with Crippen LogP contribution in [0.5, 0.6) is 0 Å². The first-order valence-corrected chi connectivity index (χ1v) is 10.2. The molecule has 1 aliphatic rings. The van der Waals surface area contributed by atoms with Crippen molar-refractivity contribution in [2.24, 2.45) is 0 Å². The molecular weight excluding hydrogens is 390 g/mol. The highest BCUT2D eigenvalue weighted by Crippen LogP contribution is 2.30. The molecule has 0 spiro atoms. The molecule has 3 aromatic heterocycles. The third-order valence-electron chi connectivity index (χ3n) is 4.76. The van der Waals surface area contributed by atoms with E-state index in [0.717, 1.165) is 11.3 Å². The zero-order valence-electron chi connectivity index (χ0n) is 16.3. The van der Waals surface area contributed by atoms with Crippen molar-refractivity contribution in [1.29, 1.82) is 0 Å². The van der Waals surface area contributed by atoms with Gasteiger partial charge in [-0.25, -0.2) is 9.78 Å². The van der Waals surface area contributed by atoms with E-state index in [-0.39, 0.29) is 11.8 Å². The summed E-state index contributed by atoms with van der Waals surface area (Å²) in [5.41, 5.74) is 2.41. The van der Waals surface area contributed by atoms with Crippen LogP contribution in [-0.2, 0) is 13.0 Å². The van der Waals surface area contributed by atoms with Crippen LogP contribution in [0.15, 0.2) is 35.1 Å². The topological polar surface area (TPSA) is 92.4 Å². The van der Waals surface area contributed by atoms with E-state index in [2.05, 4.69) is 15.1 Å². The SMILES string of the molecule is Cc1cc(CN2CCN(c3nc(C)c(C(=O)CCc4cccnc4)s3)C2=O)no1. The molecule has 1 fully saturated rings. The van der Waals surface area contributed by atoms with Crippen LogP contribution in [0.1, 0.15) is 38.8 Å². The Morgan fingerprint density at radius 3 is 2.90 bits per heavy atom. The summed E-state index contributed by atoms with van der Waals surface area (Å²) in [4.78, 5) is 38.0. The van der Waals surface area contributed by atoms with Gasteiger partial charge in [0.25, 0.3) is 0 Å². The number of thiazole rings is 1. The van der Waals surface area contributed by atoms with Crippen molar-refractivity contribution in [2.45, 2.75) is 33.2 Å². The molecule has 0 atom stereocenters. The Morgan fingerprint density at radius 2 is 2.17 bits per heavy atom. The van der Waals surface area contributed by atoms with E-state index in [1.807, 2.05) is 32.0 Å². The van der Waals surface area contributed by atoms with Crippen molar-refractivity contribution >= 4 is 28.3 Å². The lowest BCUT2D eigenvalue weighted by atomic mass is 10.1. The molecule has 150 valence electrons. The van der Waals surface area contributed by atoms with E-state index in [0.29, 0.717) is 53.9 Å². The number of amides is 2. The zero-order valence-corrected chi connectivity index (χ0v) is 17.1. The van der Waals surface area contributed by atoms with Crippen LogP contribution in [-0.4, -0.2) is 44.9 Å². The van der Waals surface area contributed by atoms with Crippen molar-refractivity contribution in [3.05, 3.63) is 58.2 Å². The number of hydrogen-bond donors (Lipinski definition) is 0. The molecule has 0 aromatic carbocycles. The first kappa shape index (κ1) is 19.3. The molecule has 29 heavy (non-hydrogen) atoms. The summed E-state index contributed by atoms with van der Waals surface area (Å²) in [5, 5.41) is 4.51. The molecule has 0 unspecified atom stereocenters. The number of aryl methyl sites for hydroxylation is 3. The van der Waals surface area contributed by atoms with Crippen LogP contribution in [0.4, 0.5) is 9.93 Å². The highest BCUT2D eigenvalue weighted by molar-refractivity contribution is 7.17. The van der Waals surface area contributed by atoms with Gasteiger partial charge in [0.15, 0.2) is 10.9 Å². The summed E-state index contributed by atoms with van der Waals surface area (Å²) in [6.45, 7) is 5.14. The Bertz CT molecular complexity index is 1030. The summed E-state index contributed by atoms with van der Waals surface area (Å²) in [7, 11) is 0. The monoisotopic (exact) mass is 411 g/mol. The standard InChI is InChI=1S/C20H21N5O3S/c1-13-10-16(23-28-13)12-24-8-9-25(20(24)27)19-22-14(2)18(29-19)17(26)6-5-15-4-3-7-21-11-15/h3-4,7,10-11H,5-6,8-9,12H2,1-2H3. The van der Waals surface area contributed by atoms with Crippen molar-refractivity contribution in [3.63, 3.8) is 0 Å². The third kappa shape index (κ3) is 4.19. The first-order valence-electron chi connectivity index (χ1n) is 9.39. The number of anilines is 1. The van der Waals surface area contributed by atoms with E-state index < -0.39 is 0 Å². The average Bonchev–Trinajstić information content (AvgIpc) is 3.40. The lowest BCUT2D eigenvalue weighted by Gasteiger charge is -2.15. The second kappa shape index (κ2) is 8.12. The van der Waals surface area contributed by atoms with E-state index in [4.69, 9.17) is 4.52 Å². The number of rotatable bonds is 7. The number of nitrogens with zero attached hydrogens (tertiary/aromatic N) is 5.